The first kappa shape index (κ1) is 28.6. The molecule has 0 saturated heterocycles. The van der Waals surface area contributed by atoms with Gasteiger partial charge in [0.25, 0.3) is 5.91 Å². The molecule has 11 heteroatoms. The average Bonchev–Trinajstić information content (AvgIpc) is 3.69. The van der Waals surface area contributed by atoms with Gasteiger partial charge in [-0.2, -0.15) is 26.3 Å². The Balaban J connectivity index is 1.40. The predicted octanol–water partition coefficient (Wildman–Crippen LogP) is 7.56. The Morgan fingerprint density at radius 3 is 2.00 bits per heavy atom. The van der Waals surface area contributed by atoms with Gasteiger partial charge in [0.2, 0.25) is 5.91 Å². The molecule has 5 nitrogen and oxygen atoms in total. The summed E-state index contributed by atoms with van der Waals surface area (Å²) in [5, 5.41) is 0. The predicted molar refractivity (Wildman–Crippen MR) is 147 cm³/mol. The van der Waals surface area contributed by atoms with Crippen molar-refractivity contribution in [2.75, 3.05) is 11.4 Å². The second-order valence-electron chi connectivity index (χ2n) is 10.8. The van der Waals surface area contributed by atoms with Crippen LogP contribution in [0.25, 0.3) is 5.69 Å². The Hall–Kier alpha value is -4.54. The standard InChI is InChI=1S/C32H25F6N3O2/c1-19-8-10-20(11-9-19)29-27-7-4-14-39(27)25-5-2-3-6-26(25)41(29)28(42)18-40(24-12-13-24)30(43)21-15-22(31(33,34)35)17-23(16-21)32(36,37)38/h2-11,14-17,24,29H,12-13,18H2,1H3. The number of hydrogen-bond donors (Lipinski definition) is 0. The van der Waals surface area contributed by atoms with Gasteiger partial charge in [-0.25, -0.2) is 0 Å². The topological polar surface area (TPSA) is 45.6 Å². The molecule has 3 aromatic carbocycles. The van der Waals surface area contributed by atoms with Crippen LogP contribution in [0.5, 0.6) is 0 Å². The average molecular weight is 598 g/mol. The highest BCUT2D eigenvalue weighted by Crippen LogP contribution is 2.43. The molecule has 1 aliphatic heterocycles. The zero-order chi connectivity index (χ0) is 30.7. The minimum Gasteiger partial charge on any atom is -0.326 e. The number of hydrogen-bond acceptors (Lipinski definition) is 2. The van der Waals surface area contributed by atoms with Crippen LogP contribution in [0.2, 0.25) is 0 Å². The second-order valence-corrected chi connectivity index (χ2v) is 10.8. The summed E-state index contributed by atoms with van der Waals surface area (Å²) in [7, 11) is 0. The van der Waals surface area contributed by atoms with E-state index < -0.39 is 59.5 Å². The van der Waals surface area contributed by atoms with E-state index in [9.17, 15) is 35.9 Å². The molecule has 0 radical (unpaired) electrons. The van der Waals surface area contributed by atoms with Crippen molar-refractivity contribution in [1.82, 2.24) is 9.47 Å². The molecule has 43 heavy (non-hydrogen) atoms. The molecular weight excluding hydrogens is 572 g/mol. The maximum Gasteiger partial charge on any atom is 0.416 e. The van der Waals surface area contributed by atoms with Crippen molar-refractivity contribution in [2.24, 2.45) is 0 Å². The van der Waals surface area contributed by atoms with E-state index in [1.54, 1.807) is 17.0 Å². The van der Waals surface area contributed by atoms with Crippen LogP contribution in [-0.2, 0) is 17.1 Å². The Kier molecular flexibility index (Phi) is 6.86. The van der Waals surface area contributed by atoms with E-state index in [4.69, 9.17) is 0 Å². The fraction of sp³-hybridized carbons (Fsp3) is 0.250. The van der Waals surface area contributed by atoms with Gasteiger partial charge >= 0.3 is 12.4 Å². The molecule has 1 aromatic heterocycles. The Bertz CT molecular complexity index is 1670. The second kappa shape index (κ2) is 10.3. The monoisotopic (exact) mass is 597 g/mol. The number of carbonyl (C=O) groups excluding carboxylic acids is 2. The van der Waals surface area contributed by atoms with Gasteiger partial charge in [0, 0.05) is 17.8 Å². The summed E-state index contributed by atoms with van der Waals surface area (Å²) >= 11 is 0. The van der Waals surface area contributed by atoms with E-state index in [2.05, 4.69) is 0 Å². The molecule has 6 rings (SSSR count). The zero-order valence-electron chi connectivity index (χ0n) is 22.8. The molecule has 0 N–H and O–H groups in total. The lowest BCUT2D eigenvalue weighted by Gasteiger charge is -2.39. The van der Waals surface area contributed by atoms with Crippen LogP contribution in [0.4, 0.5) is 32.0 Å². The molecule has 1 atom stereocenters. The first-order valence-corrected chi connectivity index (χ1v) is 13.6. The van der Waals surface area contributed by atoms with Crippen LogP contribution in [0.3, 0.4) is 0 Å². The first-order chi connectivity index (χ1) is 20.3. The number of rotatable bonds is 5. The molecule has 0 spiro atoms. The highest BCUT2D eigenvalue weighted by Gasteiger charge is 2.42. The molecule has 1 saturated carbocycles. The number of aromatic nitrogens is 1. The molecule has 0 bridgehead atoms. The van der Waals surface area contributed by atoms with Crippen molar-refractivity contribution in [3.63, 3.8) is 0 Å². The lowest BCUT2D eigenvalue weighted by molar-refractivity contribution is -0.143. The molecule has 4 aromatic rings. The van der Waals surface area contributed by atoms with Crippen LogP contribution in [0.15, 0.2) is 85.1 Å². The fourth-order valence-corrected chi connectivity index (χ4v) is 5.55. The Morgan fingerprint density at radius 1 is 0.814 bits per heavy atom. The molecule has 1 fully saturated rings. The van der Waals surface area contributed by atoms with Crippen LogP contribution in [0, 0.1) is 6.92 Å². The van der Waals surface area contributed by atoms with E-state index in [1.165, 1.54) is 0 Å². The van der Waals surface area contributed by atoms with E-state index in [0.29, 0.717) is 30.7 Å². The van der Waals surface area contributed by atoms with Gasteiger partial charge in [0.15, 0.2) is 0 Å². The molecule has 2 amide bonds. The van der Waals surface area contributed by atoms with Crippen molar-refractivity contribution in [2.45, 2.75) is 44.2 Å². The molecule has 2 aliphatic rings. The molecule has 1 aliphatic carbocycles. The number of benzene rings is 3. The van der Waals surface area contributed by atoms with Gasteiger partial charge in [-0.1, -0.05) is 42.0 Å². The number of alkyl halides is 6. The normalized spacial score (nSPS) is 16.4. The van der Waals surface area contributed by atoms with E-state index in [-0.39, 0.29) is 6.07 Å². The number of amides is 2. The van der Waals surface area contributed by atoms with E-state index in [0.717, 1.165) is 27.4 Å². The number of carbonyl (C=O) groups is 2. The van der Waals surface area contributed by atoms with Crippen molar-refractivity contribution < 1.29 is 35.9 Å². The van der Waals surface area contributed by atoms with Gasteiger partial charge < -0.3 is 9.47 Å². The SMILES string of the molecule is Cc1ccc(C2c3cccn3-c3ccccc3N2C(=O)CN(C(=O)c2cc(C(F)(F)F)cc(C(F)(F)F)c2)C2CC2)cc1. The number of anilines is 1. The van der Waals surface area contributed by atoms with Crippen molar-refractivity contribution in [1.29, 1.82) is 0 Å². The summed E-state index contributed by atoms with van der Waals surface area (Å²) in [6.07, 6.45) is -7.38. The van der Waals surface area contributed by atoms with Crippen molar-refractivity contribution in [3.8, 4) is 5.69 Å². The zero-order valence-corrected chi connectivity index (χ0v) is 22.8. The summed E-state index contributed by atoms with van der Waals surface area (Å²) in [5.74, 6) is -1.58. The van der Waals surface area contributed by atoms with Crippen LogP contribution in [-0.4, -0.2) is 33.9 Å². The fourth-order valence-electron chi connectivity index (χ4n) is 5.55. The quantitative estimate of drug-likeness (QED) is 0.223. The van der Waals surface area contributed by atoms with Gasteiger partial charge in [-0.05, 0) is 67.8 Å². The third-order valence-corrected chi connectivity index (χ3v) is 7.77. The number of nitrogens with zero attached hydrogens (tertiary/aromatic N) is 3. The van der Waals surface area contributed by atoms with Crippen LogP contribution in [0.1, 0.15) is 57.2 Å². The maximum absolute atomic E-state index is 14.2. The van der Waals surface area contributed by atoms with Crippen LogP contribution >= 0.6 is 0 Å². The summed E-state index contributed by atoms with van der Waals surface area (Å²) < 4.78 is 83.2. The van der Waals surface area contributed by atoms with Crippen molar-refractivity contribution in [3.05, 3.63) is 119 Å². The van der Waals surface area contributed by atoms with Gasteiger partial charge in [0.05, 0.1) is 28.2 Å². The first-order valence-electron chi connectivity index (χ1n) is 13.6. The lowest BCUT2D eigenvalue weighted by Crippen LogP contribution is -2.47. The molecule has 1 unspecified atom stereocenters. The third kappa shape index (κ3) is 5.39. The highest BCUT2D eigenvalue weighted by molar-refractivity contribution is 6.03. The molecule has 222 valence electrons. The van der Waals surface area contributed by atoms with Gasteiger partial charge in [-0.3, -0.25) is 14.5 Å². The minimum absolute atomic E-state index is 0.0185. The maximum atomic E-state index is 14.2. The van der Waals surface area contributed by atoms with E-state index in [1.807, 2.05) is 66.2 Å². The largest absolute Gasteiger partial charge is 0.416 e. The Labute approximate surface area is 242 Å². The Morgan fingerprint density at radius 2 is 1.42 bits per heavy atom. The summed E-state index contributed by atoms with van der Waals surface area (Å²) in [6, 6.07) is 18.3. The number of para-hydroxylation sites is 2. The lowest BCUT2D eigenvalue weighted by atomic mass is 9.97. The minimum atomic E-state index is -5.11. The molecular formula is C32H25F6N3O2. The number of halogens is 6. The highest BCUT2D eigenvalue weighted by atomic mass is 19.4. The van der Waals surface area contributed by atoms with Crippen molar-refractivity contribution >= 4 is 17.5 Å². The number of fused-ring (bicyclic) bond motifs is 3. The number of aryl methyl sites for hydroxylation is 1. The van der Waals surface area contributed by atoms with Crippen LogP contribution < -0.4 is 4.90 Å². The van der Waals surface area contributed by atoms with Gasteiger partial charge in [0.1, 0.15) is 12.6 Å². The molecule has 2 heterocycles. The smallest absolute Gasteiger partial charge is 0.326 e. The summed E-state index contributed by atoms with van der Waals surface area (Å²) in [5.41, 5.74) is -0.0726. The van der Waals surface area contributed by atoms with Gasteiger partial charge in [-0.15, -0.1) is 0 Å². The third-order valence-electron chi connectivity index (χ3n) is 7.77. The summed E-state index contributed by atoms with van der Waals surface area (Å²) in [4.78, 5) is 30.5. The summed E-state index contributed by atoms with van der Waals surface area (Å²) in [6.45, 7) is 1.40. The van der Waals surface area contributed by atoms with E-state index >= 15 is 0 Å².